The molecule has 1 fully saturated rings. The maximum Gasteiger partial charge on any atom is 0.333 e. The Morgan fingerprint density at radius 3 is 2.52 bits per heavy atom. The zero-order valence-electron chi connectivity index (χ0n) is 12.8. The summed E-state index contributed by atoms with van der Waals surface area (Å²) in [6.45, 7) is 1.73. The van der Waals surface area contributed by atoms with Crippen molar-refractivity contribution in [3.05, 3.63) is 29.3 Å². The molecule has 0 unspecified atom stereocenters. The summed E-state index contributed by atoms with van der Waals surface area (Å²) in [5, 5.41) is 0. The van der Waals surface area contributed by atoms with Crippen LogP contribution in [0, 0.1) is 0 Å². The predicted octanol–water partition coefficient (Wildman–Crippen LogP) is 3.59. The lowest BCUT2D eigenvalue weighted by Gasteiger charge is -2.16. The zero-order valence-corrected chi connectivity index (χ0v) is 12.8. The molecule has 0 radical (unpaired) electrons. The number of hydrogen-bond acceptors (Lipinski definition) is 4. The molecule has 4 heteroatoms. The third-order valence-electron chi connectivity index (χ3n) is 3.67. The summed E-state index contributed by atoms with van der Waals surface area (Å²) in [5.41, 5.74) is 1.45. The Balaban J connectivity index is 2.22. The van der Waals surface area contributed by atoms with Gasteiger partial charge >= 0.3 is 5.97 Å². The Labute approximate surface area is 125 Å². The average molecular weight is 290 g/mol. The molecule has 0 aliphatic heterocycles. The molecule has 4 nitrogen and oxygen atoms in total. The van der Waals surface area contributed by atoms with Crippen molar-refractivity contribution in [2.45, 2.75) is 38.7 Å². The lowest BCUT2D eigenvalue weighted by atomic mass is 10.1. The third kappa shape index (κ3) is 4.00. The molecule has 1 aromatic rings. The molecular weight excluding hydrogens is 268 g/mol. The SMILES string of the molecule is COC(=O)/C(C)=C/c1ccc(OC)c(OC2CCCC2)c1. The van der Waals surface area contributed by atoms with Gasteiger partial charge in [-0.3, -0.25) is 0 Å². The van der Waals surface area contributed by atoms with E-state index in [1.165, 1.54) is 20.0 Å². The fourth-order valence-electron chi connectivity index (χ4n) is 2.53. The molecule has 21 heavy (non-hydrogen) atoms. The molecule has 0 spiro atoms. The molecule has 1 saturated carbocycles. The first-order valence-corrected chi connectivity index (χ1v) is 7.25. The van der Waals surface area contributed by atoms with Crippen molar-refractivity contribution in [3.8, 4) is 11.5 Å². The van der Waals surface area contributed by atoms with Gasteiger partial charge in [-0.1, -0.05) is 6.07 Å². The van der Waals surface area contributed by atoms with E-state index in [0.717, 1.165) is 29.9 Å². The molecule has 1 aliphatic carbocycles. The van der Waals surface area contributed by atoms with Gasteiger partial charge in [-0.25, -0.2) is 4.79 Å². The van der Waals surface area contributed by atoms with Crippen LogP contribution >= 0.6 is 0 Å². The van der Waals surface area contributed by atoms with Gasteiger partial charge < -0.3 is 14.2 Å². The first-order valence-electron chi connectivity index (χ1n) is 7.25. The van der Waals surface area contributed by atoms with E-state index in [0.29, 0.717) is 5.57 Å². The van der Waals surface area contributed by atoms with E-state index < -0.39 is 0 Å². The normalized spacial score (nSPS) is 15.9. The Bertz CT molecular complexity index is 528. The molecule has 1 aromatic carbocycles. The van der Waals surface area contributed by atoms with Crippen LogP contribution in [0.3, 0.4) is 0 Å². The third-order valence-corrected chi connectivity index (χ3v) is 3.67. The van der Waals surface area contributed by atoms with Gasteiger partial charge in [-0.05, 0) is 56.4 Å². The molecule has 0 bridgehead atoms. The van der Waals surface area contributed by atoms with Crippen LogP contribution in [0.1, 0.15) is 38.2 Å². The van der Waals surface area contributed by atoms with Crippen LogP contribution in [0.5, 0.6) is 11.5 Å². The average Bonchev–Trinajstić information content (AvgIpc) is 2.99. The largest absolute Gasteiger partial charge is 0.493 e. The van der Waals surface area contributed by atoms with Crippen molar-refractivity contribution in [1.29, 1.82) is 0 Å². The molecule has 0 aromatic heterocycles. The molecule has 1 aliphatic rings. The van der Waals surface area contributed by atoms with E-state index >= 15 is 0 Å². The van der Waals surface area contributed by atoms with E-state index in [4.69, 9.17) is 14.2 Å². The van der Waals surface area contributed by atoms with Crippen LogP contribution < -0.4 is 9.47 Å². The summed E-state index contributed by atoms with van der Waals surface area (Å²) in [6.07, 6.45) is 6.66. The van der Waals surface area contributed by atoms with E-state index in [2.05, 4.69) is 0 Å². The minimum atomic E-state index is -0.330. The van der Waals surface area contributed by atoms with Crippen molar-refractivity contribution in [2.24, 2.45) is 0 Å². The number of carbonyl (C=O) groups is 1. The number of ether oxygens (including phenoxy) is 3. The summed E-state index contributed by atoms with van der Waals surface area (Å²) in [5.74, 6) is 1.12. The highest BCUT2D eigenvalue weighted by Crippen LogP contribution is 2.33. The highest BCUT2D eigenvalue weighted by molar-refractivity contribution is 5.93. The second-order valence-corrected chi connectivity index (χ2v) is 5.25. The predicted molar refractivity (Wildman–Crippen MR) is 81.5 cm³/mol. The van der Waals surface area contributed by atoms with Crippen molar-refractivity contribution >= 4 is 12.0 Å². The topological polar surface area (TPSA) is 44.8 Å². The number of esters is 1. The molecule has 0 atom stereocenters. The lowest BCUT2D eigenvalue weighted by molar-refractivity contribution is -0.135. The van der Waals surface area contributed by atoms with E-state index in [-0.39, 0.29) is 12.1 Å². The molecule has 2 rings (SSSR count). The number of carbonyl (C=O) groups excluding carboxylic acids is 1. The van der Waals surface area contributed by atoms with Crippen LogP contribution in [0.4, 0.5) is 0 Å². The van der Waals surface area contributed by atoms with Gasteiger partial charge in [-0.2, -0.15) is 0 Å². The Morgan fingerprint density at radius 1 is 1.19 bits per heavy atom. The summed E-state index contributed by atoms with van der Waals surface area (Å²) in [7, 11) is 3.01. The summed E-state index contributed by atoms with van der Waals surface area (Å²) < 4.78 is 16.1. The van der Waals surface area contributed by atoms with Gasteiger partial charge in [0.1, 0.15) is 0 Å². The van der Waals surface area contributed by atoms with E-state index in [1.54, 1.807) is 20.1 Å². The van der Waals surface area contributed by atoms with Crippen LogP contribution in [0.15, 0.2) is 23.8 Å². The summed E-state index contributed by atoms with van der Waals surface area (Å²) in [4.78, 5) is 11.5. The number of benzene rings is 1. The Morgan fingerprint density at radius 2 is 1.90 bits per heavy atom. The van der Waals surface area contributed by atoms with Gasteiger partial charge in [0.05, 0.1) is 20.3 Å². The fourth-order valence-corrected chi connectivity index (χ4v) is 2.53. The number of rotatable bonds is 5. The molecular formula is C17H22O4. The Kier molecular flexibility index (Phi) is 5.26. The van der Waals surface area contributed by atoms with Gasteiger partial charge in [0, 0.05) is 5.57 Å². The second-order valence-electron chi connectivity index (χ2n) is 5.25. The highest BCUT2D eigenvalue weighted by Gasteiger charge is 2.18. The molecule has 0 saturated heterocycles. The van der Waals surface area contributed by atoms with E-state index in [1.807, 2.05) is 18.2 Å². The van der Waals surface area contributed by atoms with E-state index in [9.17, 15) is 4.79 Å². The van der Waals surface area contributed by atoms with Gasteiger partial charge in [0.25, 0.3) is 0 Å². The first kappa shape index (κ1) is 15.4. The van der Waals surface area contributed by atoms with Crippen molar-refractivity contribution in [2.75, 3.05) is 14.2 Å². The highest BCUT2D eigenvalue weighted by atomic mass is 16.5. The zero-order chi connectivity index (χ0) is 15.2. The van der Waals surface area contributed by atoms with Crippen LogP contribution in [-0.4, -0.2) is 26.3 Å². The van der Waals surface area contributed by atoms with Crippen LogP contribution in [-0.2, 0) is 9.53 Å². The summed E-state index contributed by atoms with van der Waals surface area (Å²) >= 11 is 0. The maximum absolute atomic E-state index is 11.5. The monoisotopic (exact) mass is 290 g/mol. The number of hydrogen-bond donors (Lipinski definition) is 0. The van der Waals surface area contributed by atoms with Gasteiger partial charge in [0.15, 0.2) is 11.5 Å². The van der Waals surface area contributed by atoms with Crippen LogP contribution in [0.2, 0.25) is 0 Å². The maximum atomic E-state index is 11.5. The summed E-state index contributed by atoms with van der Waals surface area (Å²) in [6, 6.07) is 5.66. The minimum absolute atomic E-state index is 0.264. The van der Waals surface area contributed by atoms with Gasteiger partial charge in [0.2, 0.25) is 0 Å². The smallest absolute Gasteiger partial charge is 0.333 e. The lowest BCUT2D eigenvalue weighted by Crippen LogP contribution is -2.11. The second kappa shape index (κ2) is 7.16. The molecule has 0 amide bonds. The quantitative estimate of drug-likeness (QED) is 0.614. The van der Waals surface area contributed by atoms with Gasteiger partial charge in [-0.15, -0.1) is 0 Å². The molecule has 114 valence electrons. The number of methoxy groups -OCH3 is 2. The van der Waals surface area contributed by atoms with Crippen molar-refractivity contribution < 1.29 is 19.0 Å². The fraction of sp³-hybridized carbons (Fsp3) is 0.471. The first-order chi connectivity index (χ1) is 10.1. The standard InChI is InChI=1S/C17H22O4/c1-12(17(18)20-3)10-13-8-9-15(19-2)16(11-13)21-14-6-4-5-7-14/h8-11,14H,4-7H2,1-3H3/b12-10+. The van der Waals surface area contributed by atoms with Crippen molar-refractivity contribution in [3.63, 3.8) is 0 Å². The molecule has 0 N–H and O–H groups in total. The Hall–Kier alpha value is -1.97. The molecule has 0 heterocycles. The van der Waals surface area contributed by atoms with Crippen LogP contribution in [0.25, 0.3) is 6.08 Å². The van der Waals surface area contributed by atoms with Crippen molar-refractivity contribution in [1.82, 2.24) is 0 Å². The minimum Gasteiger partial charge on any atom is -0.493 e.